The summed E-state index contributed by atoms with van der Waals surface area (Å²) in [6, 6.07) is 0.618. The first kappa shape index (κ1) is 15.5. The highest BCUT2D eigenvalue weighted by Gasteiger charge is 2.09. The van der Waals surface area contributed by atoms with Gasteiger partial charge in [0.05, 0.1) is 13.2 Å². The zero-order valence-electron chi connectivity index (χ0n) is 12.3. The summed E-state index contributed by atoms with van der Waals surface area (Å²) < 4.78 is 11.0. The Morgan fingerprint density at radius 2 is 1.74 bits per heavy atom. The number of rotatable bonds is 9. The van der Waals surface area contributed by atoms with Crippen LogP contribution in [0.2, 0.25) is 0 Å². The summed E-state index contributed by atoms with van der Waals surface area (Å²) in [5, 5.41) is 2.87. The van der Waals surface area contributed by atoms with Crippen LogP contribution >= 0.6 is 0 Å². The van der Waals surface area contributed by atoms with Gasteiger partial charge in [0.2, 0.25) is 5.95 Å². The van der Waals surface area contributed by atoms with Crippen LogP contribution in [0.1, 0.15) is 40.0 Å². The average Bonchev–Trinajstić information content (AvgIpc) is 2.43. The van der Waals surface area contributed by atoms with Gasteiger partial charge >= 0.3 is 12.0 Å². The maximum Gasteiger partial charge on any atom is 0.324 e. The number of hydrogen-bond donors (Lipinski definition) is 1. The summed E-state index contributed by atoms with van der Waals surface area (Å²) in [5.74, 6) is 0.944. The number of hydrogen-bond acceptors (Lipinski definition) is 6. The summed E-state index contributed by atoms with van der Waals surface area (Å²) in [6.07, 6.45) is 3.18. The van der Waals surface area contributed by atoms with Crippen molar-refractivity contribution in [1.82, 2.24) is 15.0 Å². The van der Waals surface area contributed by atoms with Crippen molar-refractivity contribution in [2.75, 3.05) is 25.6 Å². The minimum absolute atomic E-state index is 0.305. The average molecular weight is 268 g/mol. The van der Waals surface area contributed by atoms with Gasteiger partial charge in [-0.3, -0.25) is 0 Å². The topological polar surface area (TPSA) is 69.2 Å². The van der Waals surface area contributed by atoms with Gasteiger partial charge in [-0.05, 0) is 18.8 Å². The molecule has 0 aliphatic carbocycles. The van der Waals surface area contributed by atoms with E-state index in [2.05, 4.69) is 34.1 Å². The second-order valence-electron chi connectivity index (χ2n) is 4.53. The molecule has 0 saturated carbocycles. The van der Waals surface area contributed by atoms with Gasteiger partial charge in [-0.15, -0.1) is 4.98 Å². The Bertz CT molecular complexity index is 374. The molecule has 1 aromatic rings. The van der Waals surface area contributed by atoms with Gasteiger partial charge in [0.15, 0.2) is 0 Å². The molecular weight excluding hydrogens is 244 g/mol. The molecule has 1 aromatic heterocycles. The highest BCUT2D eigenvalue weighted by atomic mass is 16.5. The van der Waals surface area contributed by atoms with Crippen LogP contribution in [0.5, 0.6) is 12.0 Å². The number of ether oxygens (including phenoxy) is 2. The van der Waals surface area contributed by atoms with E-state index in [0.717, 1.165) is 19.3 Å². The molecule has 1 N–H and O–H groups in total. The lowest BCUT2D eigenvalue weighted by atomic mass is 10.1. The summed E-state index contributed by atoms with van der Waals surface area (Å²) in [5.41, 5.74) is 0. The Balaban J connectivity index is 2.65. The lowest BCUT2D eigenvalue weighted by Crippen LogP contribution is -2.12. The van der Waals surface area contributed by atoms with Crippen LogP contribution in [0.25, 0.3) is 0 Å². The molecule has 19 heavy (non-hydrogen) atoms. The molecule has 1 atom stereocenters. The van der Waals surface area contributed by atoms with Crippen molar-refractivity contribution in [2.45, 2.75) is 40.0 Å². The Morgan fingerprint density at radius 3 is 2.32 bits per heavy atom. The van der Waals surface area contributed by atoms with Crippen LogP contribution in [0.15, 0.2) is 0 Å². The van der Waals surface area contributed by atoms with Gasteiger partial charge in [0.25, 0.3) is 0 Å². The fourth-order valence-corrected chi connectivity index (χ4v) is 1.57. The van der Waals surface area contributed by atoms with Crippen molar-refractivity contribution < 1.29 is 9.47 Å². The van der Waals surface area contributed by atoms with Crippen LogP contribution in [0.4, 0.5) is 5.95 Å². The summed E-state index contributed by atoms with van der Waals surface area (Å²) in [4.78, 5) is 12.4. The third kappa shape index (κ3) is 5.72. The van der Waals surface area contributed by atoms with Crippen molar-refractivity contribution in [3.8, 4) is 12.0 Å². The maximum absolute atomic E-state index is 5.60. The van der Waals surface area contributed by atoms with E-state index in [4.69, 9.17) is 9.47 Å². The lowest BCUT2D eigenvalue weighted by Gasteiger charge is -2.12. The van der Waals surface area contributed by atoms with E-state index < -0.39 is 0 Å². The fourth-order valence-electron chi connectivity index (χ4n) is 1.57. The zero-order chi connectivity index (χ0) is 14.1. The van der Waals surface area contributed by atoms with E-state index in [1.807, 2.05) is 6.92 Å². The normalized spacial score (nSPS) is 12.0. The van der Waals surface area contributed by atoms with Crippen LogP contribution in [0.3, 0.4) is 0 Å². The van der Waals surface area contributed by atoms with Gasteiger partial charge in [0, 0.05) is 7.05 Å². The van der Waals surface area contributed by atoms with E-state index in [1.54, 1.807) is 7.05 Å². The molecule has 0 aromatic carbocycles. The van der Waals surface area contributed by atoms with Crippen LogP contribution < -0.4 is 14.8 Å². The predicted octanol–water partition coefficient (Wildman–Crippen LogP) is 2.52. The zero-order valence-corrected chi connectivity index (χ0v) is 12.3. The van der Waals surface area contributed by atoms with Crippen molar-refractivity contribution >= 4 is 5.95 Å². The molecule has 6 nitrogen and oxygen atoms in total. The third-order valence-corrected chi connectivity index (χ3v) is 2.53. The second kappa shape index (κ2) is 8.50. The molecule has 0 aliphatic rings. The quantitative estimate of drug-likeness (QED) is 0.742. The maximum atomic E-state index is 5.60. The summed E-state index contributed by atoms with van der Waals surface area (Å²) in [6.45, 7) is 7.53. The molecule has 0 radical (unpaired) electrons. The highest BCUT2D eigenvalue weighted by molar-refractivity contribution is 5.26. The Kier molecular flexibility index (Phi) is 6.92. The Labute approximate surface area is 115 Å². The first-order valence-electron chi connectivity index (χ1n) is 6.89. The van der Waals surface area contributed by atoms with Crippen LogP contribution in [-0.4, -0.2) is 35.2 Å². The van der Waals surface area contributed by atoms with Crippen molar-refractivity contribution in [3.05, 3.63) is 0 Å². The van der Waals surface area contributed by atoms with Crippen molar-refractivity contribution in [2.24, 2.45) is 5.92 Å². The summed E-state index contributed by atoms with van der Waals surface area (Å²) >= 11 is 0. The molecular formula is C13H24N4O2. The molecule has 6 heteroatoms. The number of anilines is 1. The standard InChI is InChI=1S/C13H24N4O2/c1-5-7-10(3)9-19-13-16-11(14-4)15-12(17-13)18-8-6-2/h10H,5-9H2,1-4H3,(H,14,15,16,17). The van der Waals surface area contributed by atoms with E-state index in [-0.39, 0.29) is 0 Å². The first-order valence-corrected chi connectivity index (χ1v) is 6.89. The van der Waals surface area contributed by atoms with E-state index in [9.17, 15) is 0 Å². The molecule has 1 unspecified atom stereocenters. The molecule has 0 fully saturated rings. The Hall–Kier alpha value is -1.59. The highest BCUT2D eigenvalue weighted by Crippen LogP contribution is 2.14. The molecule has 0 amide bonds. The van der Waals surface area contributed by atoms with E-state index >= 15 is 0 Å². The van der Waals surface area contributed by atoms with Gasteiger partial charge < -0.3 is 14.8 Å². The van der Waals surface area contributed by atoms with Crippen molar-refractivity contribution in [3.63, 3.8) is 0 Å². The van der Waals surface area contributed by atoms with E-state index in [1.165, 1.54) is 0 Å². The van der Waals surface area contributed by atoms with Crippen LogP contribution in [0, 0.1) is 5.92 Å². The number of nitrogens with one attached hydrogen (secondary N) is 1. The minimum atomic E-state index is 0.305. The van der Waals surface area contributed by atoms with Crippen molar-refractivity contribution in [1.29, 1.82) is 0 Å². The smallest absolute Gasteiger partial charge is 0.324 e. The number of nitrogens with zero attached hydrogens (tertiary/aromatic N) is 3. The summed E-state index contributed by atoms with van der Waals surface area (Å²) in [7, 11) is 1.75. The molecule has 1 rings (SSSR count). The monoisotopic (exact) mass is 268 g/mol. The molecule has 0 spiro atoms. The molecule has 108 valence electrons. The largest absolute Gasteiger partial charge is 0.463 e. The molecule has 1 heterocycles. The van der Waals surface area contributed by atoms with Gasteiger partial charge in [-0.2, -0.15) is 9.97 Å². The first-order chi connectivity index (χ1) is 9.19. The lowest BCUT2D eigenvalue weighted by molar-refractivity contribution is 0.224. The van der Waals surface area contributed by atoms with Crippen LogP contribution in [-0.2, 0) is 0 Å². The SMILES string of the molecule is CCCOc1nc(NC)nc(OCC(C)CCC)n1. The van der Waals surface area contributed by atoms with E-state index in [0.29, 0.717) is 37.1 Å². The molecule has 0 bridgehead atoms. The van der Waals surface area contributed by atoms with Gasteiger partial charge in [-0.25, -0.2) is 0 Å². The third-order valence-electron chi connectivity index (χ3n) is 2.53. The Morgan fingerprint density at radius 1 is 1.05 bits per heavy atom. The molecule has 0 aliphatic heterocycles. The second-order valence-corrected chi connectivity index (χ2v) is 4.53. The number of aromatic nitrogens is 3. The van der Waals surface area contributed by atoms with Gasteiger partial charge in [-0.1, -0.05) is 27.2 Å². The predicted molar refractivity (Wildman–Crippen MR) is 74.7 cm³/mol. The molecule has 0 saturated heterocycles. The minimum Gasteiger partial charge on any atom is -0.463 e. The fraction of sp³-hybridized carbons (Fsp3) is 0.769. The van der Waals surface area contributed by atoms with Gasteiger partial charge in [0.1, 0.15) is 0 Å².